The molecule has 2 aliphatic carbocycles. The van der Waals surface area contributed by atoms with Crippen LogP contribution in [0.3, 0.4) is 0 Å². The van der Waals surface area contributed by atoms with Gasteiger partial charge in [-0.3, -0.25) is 0 Å². The number of hydrogen-bond acceptors (Lipinski definition) is 12. The van der Waals surface area contributed by atoms with E-state index >= 15 is 0 Å². The molecule has 0 aromatic heterocycles. The van der Waals surface area contributed by atoms with Crippen molar-refractivity contribution in [1.29, 1.82) is 0 Å². The predicted octanol–water partition coefficient (Wildman–Crippen LogP) is -1.31. The summed E-state index contributed by atoms with van der Waals surface area (Å²) in [6.07, 6.45) is -10.5. The Bertz CT molecular complexity index is 995. The molecule has 4 aliphatic rings. The highest BCUT2D eigenvalue weighted by molar-refractivity contribution is 5.88. The zero-order valence-corrected chi connectivity index (χ0v) is 21.9. The maximum Gasteiger partial charge on any atom is 0.338 e. The van der Waals surface area contributed by atoms with E-state index in [0.29, 0.717) is 18.4 Å². The lowest BCUT2D eigenvalue weighted by molar-refractivity contribution is -0.325. The molecule has 0 aromatic rings. The highest BCUT2D eigenvalue weighted by Gasteiger charge is 2.68. The van der Waals surface area contributed by atoms with E-state index in [1.165, 1.54) is 6.92 Å². The molecule has 13 unspecified atom stereocenters. The van der Waals surface area contributed by atoms with Gasteiger partial charge in [-0.15, -0.1) is 0 Å². The Balaban J connectivity index is 1.64. The lowest BCUT2D eigenvalue weighted by atomic mass is 9.52. The molecular weight excluding hydrogens is 504 g/mol. The largest absolute Gasteiger partial charge is 0.459 e. The normalized spacial score (nSPS) is 49.2. The Morgan fingerprint density at radius 3 is 2.39 bits per heavy atom. The van der Waals surface area contributed by atoms with E-state index in [1.807, 2.05) is 0 Å². The third-order valence-electron chi connectivity index (χ3n) is 9.05. The van der Waals surface area contributed by atoms with Gasteiger partial charge in [0.05, 0.1) is 6.61 Å². The van der Waals surface area contributed by atoms with E-state index in [2.05, 4.69) is 6.58 Å². The van der Waals surface area contributed by atoms with Gasteiger partial charge in [-0.1, -0.05) is 19.6 Å². The molecule has 0 amide bonds. The maximum atomic E-state index is 13.3. The number of fused-ring (bicyclic) bond motifs is 3. The van der Waals surface area contributed by atoms with Crippen LogP contribution >= 0.6 is 0 Å². The summed E-state index contributed by atoms with van der Waals surface area (Å²) < 4.78 is 22.9. The second-order valence-corrected chi connectivity index (χ2v) is 11.2. The summed E-state index contributed by atoms with van der Waals surface area (Å²) in [5, 5.41) is 62.0. The van der Waals surface area contributed by atoms with Gasteiger partial charge in [0, 0.05) is 22.8 Å². The van der Waals surface area contributed by atoms with Crippen LogP contribution < -0.4 is 0 Å². The van der Waals surface area contributed by atoms with Crippen LogP contribution in [0.1, 0.15) is 40.5 Å². The van der Waals surface area contributed by atoms with E-state index < -0.39 is 96.5 Å². The molecule has 4 rings (SSSR count). The minimum absolute atomic E-state index is 0.231. The highest BCUT2D eigenvalue weighted by atomic mass is 16.7. The molecule has 2 aliphatic heterocycles. The van der Waals surface area contributed by atoms with Crippen LogP contribution in [0.15, 0.2) is 23.8 Å². The maximum absolute atomic E-state index is 13.3. The Morgan fingerprint density at radius 2 is 1.79 bits per heavy atom. The number of aliphatic hydroxyl groups is 6. The number of esters is 2. The average molecular weight is 543 g/mol. The first kappa shape index (κ1) is 29.1. The minimum atomic E-state index is -1.72. The fraction of sp³-hybridized carbons (Fsp3) is 0.769. The van der Waals surface area contributed by atoms with Crippen molar-refractivity contribution in [2.45, 2.75) is 101 Å². The lowest BCUT2D eigenvalue weighted by Gasteiger charge is -2.56. The molecule has 214 valence electrons. The third-order valence-corrected chi connectivity index (χ3v) is 9.05. The number of rotatable bonds is 5. The zero-order valence-electron chi connectivity index (χ0n) is 21.9. The Morgan fingerprint density at radius 1 is 1.13 bits per heavy atom. The van der Waals surface area contributed by atoms with Crippen molar-refractivity contribution in [3.05, 3.63) is 23.8 Å². The SMILES string of the molecule is C=C1C(O)C(O)C(OC(=O)C(C)=CC)C2(C)CCC3C(OC(=O)C3(C)OC3OC(CO)C(O)C(O)C3O)C12. The summed E-state index contributed by atoms with van der Waals surface area (Å²) in [7, 11) is 0. The first-order valence-electron chi connectivity index (χ1n) is 12.8. The van der Waals surface area contributed by atoms with Gasteiger partial charge in [0.15, 0.2) is 11.9 Å². The Kier molecular flexibility index (Phi) is 7.85. The molecule has 0 radical (unpaired) electrons. The summed E-state index contributed by atoms with van der Waals surface area (Å²) in [6, 6.07) is 0. The molecule has 2 saturated heterocycles. The van der Waals surface area contributed by atoms with Gasteiger partial charge in [-0.25, -0.2) is 9.59 Å². The molecule has 12 heteroatoms. The van der Waals surface area contributed by atoms with Crippen LogP contribution in [-0.4, -0.2) is 110 Å². The standard InChI is InChI=1S/C26H38O12/c1-6-10(2)22(33)37-21-18(31)15(28)11(3)14-20-12(7-8-25(14,21)4)26(5,24(34)36-20)38-23-19(32)17(30)16(29)13(9-27)35-23/h6,12-21,23,27-32H,3,7-9H2,1-2,4-5H3. The molecule has 4 fully saturated rings. The summed E-state index contributed by atoms with van der Waals surface area (Å²) in [4.78, 5) is 25.9. The predicted molar refractivity (Wildman–Crippen MR) is 128 cm³/mol. The zero-order chi connectivity index (χ0) is 28.3. The summed E-state index contributed by atoms with van der Waals surface area (Å²) in [5.74, 6) is -2.77. The molecular formula is C26H38O12. The number of hydrogen-bond donors (Lipinski definition) is 6. The van der Waals surface area contributed by atoms with Crippen LogP contribution in [-0.2, 0) is 28.5 Å². The van der Waals surface area contributed by atoms with Crippen molar-refractivity contribution in [2.24, 2.45) is 17.3 Å². The van der Waals surface area contributed by atoms with Crippen LogP contribution in [0.5, 0.6) is 0 Å². The summed E-state index contributed by atoms with van der Waals surface area (Å²) in [5.41, 5.74) is -2.06. The van der Waals surface area contributed by atoms with Gasteiger partial charge < -0.3 is 49.6 Å². The molecule has 0 spiro atoms. The molecule has 0 bridgehead atoms. The summed E-state index contributed by atoms with van der Waals surface area (Å²) in [6.45, 7) is 9.84. The summed E-state index contributed by atoms with van der Waals surface area (Å²) >= 11 is 0. The van der Waals surface area contributed by atoms with E-state index in [9.17, 15) is 40.2 Å². The molecule has 2 saturated carbocycles. The van der Waals surface area contributed by atoms with Crippen LogP contribution in [0.2, 0.25) is 0 Å². The minimum Gasteiger partial charge on any atom is -0.459 e. The van der Waals surface area contributed by atoms with E-state index in [4.69, 9.17) is 18.9 Å². The van der Waals surface area contributed by atoms with E-state index in [0.717, 1.165) is 0 Å². The van der Waals surface area contributed by atoms with E-state index in [-0.39, 0.29) is 5.57 Å². The van der Waals surface area contributed by atoms with Crippen molar-refractivity contribution in [1.82, 2.24) is 0 Å². The first-order valence-corrected chi connectivity index (χ1v) is 12.8. The lowest BCUT2D eigenvalue weighted by Crippen LogP contribution is -2.65. The van der Waals surface area contributed by atoms with Crippen molar-refractivity contribution >= 4 is 11.9 Å². The van der Waals surface area contributed by atoms with Gasteiger partial charge in [-0.2, -0.15) is 0 Å². The topological polar surface area (TPSA) is 192 Å². The number of allylic oxidation sites excluding steroid dienone is 1. The van der Waals surface area contributed by atoms with Crippen LogP contribution in [0.25, 0.3) is 0 Å². The van der Waals surface area contributed by atoms with Crippen LogP contribution in [0.4, 0.5) is 0 Å². The molecule has 2 heterocycles. The van der Waals surface area contributed by atoms with Crippen molar-refractivity contribution in [3.63, 3.8) is 0 Å². The monoisotopic (exact) mass is 542 g/mol. The van der Waals surface area contributed by atoms with Gasteiger partial charge in [0.1, 0.15) is 48.8 Å². The highest BCUT2D eigenvalue weighted by Crippen LogP contribution is 2.59. The smallest absolute Gasteiger partial charge is 0.338 e. The van der Waals surface area contributed by atoms with Crippen molar-refractivity contribution in [3.8, 4) is 0 Å². The van der Waals surface area contributed by atoms with Gasteiger partial charge in [-0.05, 0) is 39.2 Å². The Hall–Kier alpha value is -1.90. The number of aliphatic hydroxyl groups excluding tert-OH is 6. The van der Waals surface area contributed by atoms with Crippen molar-refractivity contribution < 1.29 is 59.2 Å². The first-order chi connectivity index (χ1) is 17.7. The van der Waals surface area contributed by atoms with Gasteiger partial charge >= 0.3 is 11.9 Å². The average Bonchev–Trinajstić information content (AvgIpc) is 3.13. The fourth-order valence-electron chi connectivity index (χ4n) is 6.51. The quantitative estimate of drug-likeness (QED) is 0.137. The second-order valence-electron chi connectivity index (χ2n) is 11.2. The molecule has 6 N–H and O–H groups in total. The fourth-order valence-corrected chi connectivity index (χ4v) is 6.51. The molecule has 12 nitrogen and oxygen atoms in total. The molecule has 13 atom stereocenters. The van der Waals surface area contributed by atoms with Gasteiger partial charge in [0.2, 0.25) is 0 Å². The Labute approximate surface area is 220 Å². The molecule has 38 heavy (non-hydrogen) atoms. The molecule has 0 aromatic carbocycles. The number of ether oxygens (including phenoxy) is 4. The second kappa shape index (κ2) is 10.3. The van der Waals surface area contributed by atoms with Crippen molar-refractivity contribution in [2.75, 3.05) is 6.61 Å². The van der Waals surface area contributed by atoms with E-state index in [1.54, 1.807) is 26.8 Å². The number of carbonyl (C=O) groups is 2. The van der Waals surface area contributed by atoms with Gasteiger partial charge in [0.25, 0.3) is 0 Å². The van der Waals surface area contributed by atoms with Crippen LogP contribution in [0, 0.1) is 17.3 Å². The number of carbonyl (C=O) groups excluding carboxylic acids is 2. The third kappa shape index (κ3) is 4.31.